The first-order chi connectivity index (χ1) is 7.68. The van der Waals surface area contributed by atoms with Crippen molar-refractivity contribution < 1.29 is 9.53 Å². The number of anilines is 1. The lowest BCUT2D eigenvalue weighted by Crippen LogP contribution is -2.23. The Bertz CT molecular complexity index is 431. The summed E-state index contributed by atoms with van der Waals surface area (Å²) in [5.74, 6) is 0.275. The van der Waals surface area contributed by atoms with Crippen molar-refractivity contribution >= 4 is 28.9 Å². The number of hydrogen-bond acceptors (Lipinski definition) is 3. The number of rotatable bonds is 2. The largest absolute Gasteiger partial charge is 0.424 e. The van der Waals surface area contributed by atoms with Gasteiger partial charge in [-0.05, 0) is 25.0 Å². The Hall–Kier alpha value is -1.42. The predicted molar refractivity (Wildman–Crippen MR) is 66.9 cm³/mol. The van der Waals surface area contributed by atoms with Gasteiger partial charge in [0.15, 0.2) is 5.75 Å². The Morgan fingerprint density at radius 1 is 1.44 bits per heavy atom. The zero-order chi connectivity index (χ0) is 11.5. The van der Waals surface area contributed by atoms with Crippen LogP contribution in [-0.2, 0) is 4.79 Å². The zero-order valence-corrected chi connectivity index (χ0v) is 9.92. The van der Waals surface area contributed by atoms with E-state index in [4.69, 9.17) is 17.0 Å². The van der Waals surface area contributed by atoms with Gasteiger partial charge >= 0.3 is 5.97 Å². The quantitative estimate of drug-likeness (QED) is 0.447. The molecular weight excluding hydrogens is 222 g/mol. The maximum Gasteiger partial charge on any atom is 0.308 e. The van der Waals surface area contributed by atoms with Crippen molar-refractivity contribution in [3.63, 3.8) is 0 Å². The average molecular weight is 235 g/mol. The van der Waals surface area contributed by atoms with Crippen LogP contribution in [0.5, 0.6) is 5.75 Å². The fourth-order valence-corrected chi connectivity index (χ4v) is 2.16. The minimum Gasteiger partial charge on any atom is -0.424 e. The van der Waals surface area contributed by atoms with Crippen molar-refractivity contribution in [3.05, 3.63) is 24.3 Å². The molecule has 1 saturated heterocycles. The van der Waals surface area contributed by atoms with Gasteiger partial charge in [-0.25, -0.2) is 0 Å². The van der Waals surface area contributed by atoms with Gasteiger partial charge in [0.2, 0.25) is 0 Å². The average Bonchev–Trinajstić information content (AvgIpc) is 2.64. The molecule has 3 nitrogen and oxygen atoms in total. The molecule has 0 saturated carbocycles. The molecule has 1 aliphatic rings. The molecule has 1 fully saturated rings. The van der Waals surface area contributed by atoms with E-state index in [-0.39, 0.29) is 5.97 Å². The number of hydrogen-bond donors (Lipinski definition) is 0. The van der Waals surface area contributed by atoms with E-state index in [2.05, 4.69) is 0 Å². The lowest BCUT2D eigenvalue weighted by Gasteiger charge is -2.20. The van der Waals surface area contributed by atoms with E-state index < -0.39 is 0 Å². The molecule has 0 aromatic heterocycles. The molecule has 0 atom stereocenters. The first-order valence-corrected chi connectivity index (χ1v) is 5.67. The summed E-state index contributed by atoms with van der Waals surface area (Å²) in [7, 11) is 0. The second-order valence-corrected chi connectivity index (χ2v) is 4.18. The SMILES string of the molecule is CC(=O)Oc1ccccc1N1CCCC1=S. The first-order valence-electron chi connectivity index (χ1n) is 5.26. The van der Waals surface area contributed by atoms with Crippen molar-refractivity contribution in [2.45, 2.75) is 19.8 Å². The molecule has 0 aliphatic carbocycles. The van der Waals surface area contributed by atoms with E-state index >= 15 is 0 Å². The highest BCUT2D eigenvalue weighted by molar-refractivity contribution is 7.80. The van der Waals surface area contributed by atoms with Crippen molar-refractivity contribution in [2.75, 3.05) is 11.4 Å². The van der Waals surface area contributed by atoms with Crippen LogP contribution < -0.4 is 9.64 Å². The lowest BCUT2D eigenvalue weighted by atomic mass is 10.2. The van der Waals surface area contributed by atoms with Crippen molar-refractivity contribution in [1.82, 2.24) is 0 Å². The zero-order valence-electron chi connectivity index (χ0n) is 9.10. The highest BCUT2D eigenvalue weighted by Crippen LogP contribution is 2.31. The van der Waals surface area contributed by atoms with Gasteiger partial charge in [0.25, 0.3) is 0 Å². The van der Waals surface area contributed by atoms with Crippen molar-refractivity contribution in [2.24, 2.45) is 0 Å². The first kappa shape index (κ1) is 11.1. The Morgan fingerprint density at radius 2 is 2.19 bits per heavy atom. The summed E-state index contributed by atoms with van der Waals surface area (Å²) in [5.41, 5.74) is 0.889. The van der Waals surface area contributed by atoms with E-state index in [1.54, 1.807) is 6.07 Å². The smallest absolute Gasteiger partial charge is 0.308 e. The highest BCUT2D eigenvalue weighted by Gasteiger charge is 2.21. The minimum absolute atomic E-state index is 0.308. The molecule has 1 aliphatic heterocycles. The van der Waals surface area contributed by atoms with Crippen LogP contribution in [0.2, 0.25) is 0 Å². The molecular formula is C12H13NO2S. The van der Waals surface area contributed by atoms with Gasteiger partial charge in [-0.15, -0.1) is 0 Å². The van der Waals surface area contributed by atoms with E-state index in [9.17, 15) is 4.79 Å². The van der Waals surface area contributed by atoms with Gasteiger partial charge in [0.05, 0.1) is 10.7 Å². The maximum atomic E-state index is 11.0. The second-order valence-electron chi connectivity index (χ2n) is 3.71. The van der Waals surface area contributed by atoms with Gasteiger partial charge in [0, 0.05) is 13.5 Å². The number of carbonyl (C=O) groups is 1. The van der Waals surface area contributed by atoms with Crippen LogP contribution in [0.3, 0.4) is 0 Å². The molecule has 1 aromatic carbocycles. The van der Waals surface area contributed by atoms with Gasteiger partial charge in [-0.3, -0.25) is 4.79 Å². The highest BCUT2D eigenvalue weighted by atomic mass is 32.1. The third-order valence-corrected chi connectivity index (χ3v) is 2.91. The molecule has 0 bridgehead atoms. The monoisotopic (exact) mass is 235 g/mol. The fourth-order valence-electron chi connectivity index (χ4n) is 1.82. The molecule has 0 radical (unpaired) electrons. The molecule has 0 N–H and O–H groups in total. The number of thiocarbonyl (C=S) groups is 1. The van der Waals surface area contributed by atoms with Crippen LogP contribution in [0.1, 0.15) is 19.8 Å². The summed E-state index contributed by atoms with van der Waals surface area (Å²) in [6.45, 7) is 2.30. The number of benzene rings is 1. The molecule has 4 heteroatoms. The Morgan fingerprint density at radius 3 is 2.81 bits per heavy atom. The molecule has 1 aromatic rings. The topological polar surface area (TPSA) is 29.5 Å². The van der Waals surface area contributed by atoms with Crippen LogP contribution in [-0.4, -0.2) is 17.5 Å². The number of nitrogens with zero attached hydrogens (tertiary/aromatic N) is 1. The van der Waals surface area contributed by atoms with Crippen LogP contribution >= 0.6 is 12.2 Å². The summed E-state index contributed by atoms with van der Waals surface area (Å²) in [5, 5.41) is 0. The number of para-hydroxylation sites is 2. The summed E-state index contributed by atoms with van der Waals surface area (Å²) in [6.07, 6.45) is 2.00. The minimum atomic E-state index is -0.308. The molecule has 0 amide bonds. The van der Waals surface area contributed by atoms with E-state index in [0.29, 0.717) is 5.75 Å². The van der Waals surface area contributed by atoms with Crippen molar-refractivity contribution in [3.8, 4) is 5.75 Å². The standard InChI is InChI=1S/C12H13NO2S/c1-9(14)15-11-6-3-2-5-10(11)13-8-4-7-12(13)16/h2-3,5-6H,4,7-8H2,1H3. The number of carbonyl (C=O) groups excluding carboxylic acids is 1. The van der Waals surface area contributed by atoms with Crippen LogP contribution in [0.4, 0.5) is 5.69 Å². The van der Waals surface area contributed by atoms with Gasteiger partial charge in [-0.1, -0.05) is 24.4 Å². The van der Waals surface area contributed by atoms with Crippen molar-refractivity contribution in [1.29, 1.82) is 0 Å². The Kier molecular flexibility index (Phi) is 3.19. The van der Waals surface area contributed by atoms with Gasteiger partial charge in [-0.2, -0.15) is 0 Å². The number of esters is 1. The Labute approximate surface area is 100 Å². The molecule has 1 heterocycles. The molecule has 2 rings (SSSR count). The molecule has 16 heavy (non-hydrogen) atoms. The molecule has 0 unspecified atom stereocenters. The maximum absolute atomic E-state index is 11.0. The van der Waals surface area contributed by atoms with Crippen LogP contribution in [0, 0.1) is 0 Å². The van der Waals surface area contributed by atoms with E-state index in [0.717, 1.165) is 30.1 Å². The lowest BCUT2D eigenvalue weighted by molar-refractivity contribution is -0.131. The van der Waals surface area contributed by atoms with Crippen LogP contribution in [0.15, 0.2) is 24.3 Å². The van der Waals surface area contributed by atoms with E-state index in [1.807, 2.05) is 23.1 Å². The van der Waals surface area contributed by atoms with E-state index in [1.165, 1.54) is 6.92 Å². The second kappa shape index (κ2) is 4.61. The summed E-state index contributed by atoms with van der Waals surface area (Å²) in [4.78, 5) is 13.9. The normalized spacial score (nSPS) is 15.3. The fraction of sp³-hybridized carbons (Fsp3) is 0.333. The molecule has 0 spiro atoms. The Balaban J connectivity index is 2.32. The summed E-state index contributed by atoms with van der Waals surface area (Å²) in [6, 6.07) is 7.48. The third kappa shape index (κ3) is 2.22. The summed E-state index contributed by atoms with van der Waals surface area (Å²) >= 11 is 5.28. The van der Waals surface area contributed by atoms with Gasteiger partial charge in [0.1, 0.15) is 0 Å². The number of ether oxygens (including phenoxy) is 1. The third-order valence-electron chi connectivity index (χ3n) is 2.48. The predicted octanol–water partition coefficient (Wildman–Crippen LogP) is 2.54. The van der Waals surface area contributed by atoms with Crippen LogP contribution in [0.25, 0.3) is 0 Å². The molecule has 84 valence electrons. The van der Waals surface area contributed by atoms with Gasteiger partial charge < -0.3 is 9.64 Å². The summed E-state index contributed by atoms with van der Waals surface area (Å²) < 4.78 is 5.17.